The largest absolute Gasteiger partial charge is 0.347 e. The van der Waals surface area contributed by atoms with Gasteiger partial charge in [-0.15, -0.1) is 0 Å². The lowest BCUT2D eigenvalue weighted by Gasteiger charge is -2.38. The fourth-order valence-electron chi connectivity index (χ4n) is 3.99. The molecule has 0 aliphatic carbocycles. The lowest BCUT2D eigenvalue weighted by molar-refractivity contribution is -0.156. The van der Waals surface area contributed by atoms with Crippen LogP contribution in [0.3, 0.4) is 0 Å². The molecule has 0 aromatic heterocycles. The molecule has 3 fully saturated rings. The smallest absolute Gasteiger partial charge is 0.251 e. The summed E-state index contributed by atoms with van der Waals surface area (Å²) in [6.45, 7) is 1.09. The predicted molar refractivity (Wildman–Crippen MR) is 90.2 cm³/mol. The monoisotopic (exact) mass is 391 g/mol. The van der Waals surface area contributed by atoms with Crippen LogP contribution in [0.5, 0.6) is 0 Å². The van der Waals surface area contributed by atoms with E-state index in [4.69, 9.17) is 0 Å². The number of carbonyl (C=O) groups is 3. The Bertz CT molecular complexity index is 693. The van der Waals surface area contributed by atoms with E-state index in [1.807, 2.05) is 6.07 Å². The molecule has 1 N–H and O–H groups in total. The third-order valence-corrected chi connectivity index (χ3v) is 5.61. The van der Waals surface area contributed by atoms with E-state index in [-0.39, 0.29) is 29.8 Å². The number of fused-ring (bicyclic) bond motifs is 2. The molecule has 3 heterocycles. The summed E-state index contributed by atoms with van der Waals surface area (Å²) < 4.78 is 0.838. The average Bonchev–Trinajstić information content (AvgIpc) is 3.20. The van der Waals surface area contributed by atoms with Crippen molar-refractivity contribution < 1.29 is 14.4 Å². The maximum Gasteiger partial charge on any atom is 0.251 e. The Morgan fingerprint density at radius 2 is 1.96 bits per heavy atom. The number of nitrogens with zero attached hydrogens (tertiary/aromatic N) is 2. The zero-order valence-electron chi connectivity index (χ0n) is 13.1. The molecule has 0 unspecified atom stereocenters. The molecule has 3 atom stereocenters. The Morgan fingerprint density at radius 1 is 1.17 bits per heavy atom. The predicted octanol–water partition coefficient (Wildman–Crippen LogP) is 1.15. The second-order valence-corrected chi connectivity index (χ2v) is 7.53. The van der Waals surface area contributed by atoms with E-state index >= 15 is 0 Å². The summed E-state index contributed by atoms with van der Waals surface area (Å²) in [5, 5.41) is 2.96. The lowest BCUT2D eigenvalue weighted by Crippen LogP contribution is -2.60. The highest BCUT2D eigenvalue weighted by atomic mass is 79.9. The van der Waals surface area contributed by atoms with Gasteiger partial charge in [-0.1, -0.05) is 22.0 Å². The molecule has 1 aromatic rings. The minimum atomic E-state index is -0.417. The zero-order valence-corrected chi connectivity index (χ0v) is 14.7. The highest BCUT2D eigenvalue weighted by Gasteiger charge is 2.51. The van der Waals surface area contributed by atoms with Gasteiger partial charge in [-0.05, 0) is 37.5 Å². The number of rotatable bonds is 2. The van der Waals surface area contributed by atoms with Crippen molar-refractivity contribution in [1.29, 1.82) is 0 Å². The van der Waals surface area contributed by atoms with Gasteiger partial charge in [-0.2, -0.15) is 0 Å². The van der Waals surface area contributed by atoms with E-state index in [0.717, 1.165) is 17.3 Å². The van der Waals surface area contributed by atoms with Gasteiger partial charge in [0, 0.05) is 29.2 Å². The number of nitrogens with one attached hydrogen (secondary N) is 1. The van der Waals surface area contributed by atoms with Crippen LogP contribution in [0, 0.1) is 0 Å². The summed E-state index contributed by atoms with van der Waals surface area (Å²) in [6.07, 6.45) is 2.14. The highest BCUT2D eigenvalue weighted by molar-refractivity contribution is 9.10. The summed E-state index contributed by atoms with van der Waals surface area (Å²) in [7, 11) is 0. The first-order valence-corrected chi connectivity index (χ1v) is 9.01. The van der Waals surface area contributed by atoms with Gasteiger partial charge in [-0.25, -0.2) is 0 Å². The number of benzene rings is 1. The van der Waals surface area contributed by atoms with Crippen LogP contribution in [0.2, 0.25) is 0 Å². The first-order valence-electron chi connectivity index (χ1n) is 8.22. The van der Waals surface area contributed by atoms with Crippen LogP contribution in [0.4, 0.5) is 0 Å². The molecule has 0 spiro atoms. The number of hydrogen-bond acceptors (Lipinski definition) is 3. The molecular weight excluding hydrogens is 374 g/mol. The molecule has 3 amide bonds. The van der Waals surface area contributed by atoms with Crippen LogP contribution in [-0.4, -0.2) is 58.7 Å². The average molecular weight is 392 g/mol. The number of halogens is 1. The van der Waals surface area contributed by atoms with Gasteiger partial charge >= 0.3 is 0 Å². The molecule has 126 valence electrons. The van der Waals surface area contributed by atoms with Gasteiger partial charge in [0.05, 0.1) is 0 Å². The van der Waals surface area contributed by atoms with Gasteiger partial charge in [0.15, 0.2) is 0 Å². The minimum absolute atomic E-state index is 0.0382. The van der Waals surface area contributed by atoms with Crippen molar-refractivity contribution in [3.05, 3.63) is 34.3 Å². The summed E-state index contributed by atoms with van der Waals surface area (Å²) in [5.74, 6) is -0.103. The Hall–Kier alpha value is -1.89. The maximum absolute atomic E-state index is 12.6. The molecule has 0 radical (unpaired) electrons. The molecule has 6 nitrogen and oxygen atoms in total. The molecule has 0 saturated carbocycles. The second-order valence-electron chi connectivity index (χ2n) is 6.61. The van der Waals surface area contributed by atoms with E-state index in [2.05, 4.69) is 21.2 Å². The third kappa shape index (κ3) is 2.51. The molecule has 24 heavy (non-hydrogen) atoms. The molecule has 4 rings (SSSR count). The topological polar surface area (TPSA) is 69.7 Å². The van der Waals surface area contributed by atoms with E-state index in [0.29, 0.717) is 25.1 Å². The van der Waals surface area contributed by atoms with Crippen molar-refractivity contribution in [2.24, 2.45) is 0 Å². The number of piperazine rings is 1. The molecule has 1 aromatic carbocycles. The first-order chi connectivity index (χ1) is 11.5. The van der Waals surface area contributed by atoms with E-state index in [9.17, 15) is 14.4 Å². The van der Waals surface area contributed by atoms with Gasteiger partial charge in [0.2, 0.25) is 11.8 Å². The van der Waals surface area contributed by atoms with E-state index < -0.39 is 6.04 Å². The quantitative estimate of drug-likeness (QED) is 0.821. The molecule has 0 bridgehead atoms. The van der Waals surface area contributed by atoms with Gasteiger partial charge in [-0.3, -0.25) is 14.4 Å². The van der Waals surface area contributed by atoms with Gasteiger partial charge in [0.1, 0.15) is 12.1 Å². The first kappa shape index (κ1) is 15.6. The zero-order chi connectivity index (χ0) is 16.8. The molecule has 3 aliphatic heterocycles. The van der Waals surface area contributed by atoms with Crippen LogP contribution < -0.4 is 5.32 Å². The molecule has 3 aliphatic rings. The minimum Gasteiger partial charge on any atom is -0.347 e. The Balaban J connectivity index is 1.47. The molecular formula is C17H18BrN3O3. The van der Waals surface area contributed by atoms with Crippen molar-refractivity contribution in [2.45, 2.75) is 37.4 Å². The standard InChI is InChI=1S/C17H18BrN3O3/c18-11-4-1-3-10(7-11)15(22)19-12-8-14-17(24)20-6-2-5-13(20)16(23)21(14)9-12/h1,3-4,7,12-14H,2,5-6,8-9H2,(H,19,22)/t12-,13-,14-/m0/s1. The second kappa shape index (κ2) is 5.88. The molecule has 3 saturated heterocycles. The van der Waals surface area contributed by atoms with Crippen molar-refractivity contribution in [3.8, 4) is 0 Å². The van der Waals surface area contributed by atoms with Crippen LogP contribution >= 0.6 is 15.9 Å². The number of carbonyl (C=O) groups excluding carboxylic acids is 3. The maximum atomic E-state index is 12.6. The van der Waals surface area contributed by atoms with E-state index in [1.165, 1.54) is 0 Å². The third-order valence-electron chi connectivity index (χ3n) is 5.11. The Morgan fingerprint density at radius 3 is 2.75 bits per heavy atom. The van der Waals surface area contributed by atoms with Crippen molar-refractivity contribution in [1.82, 2.24) is 15.1 Å². The lowest BCUT2D eigenvalue weighted by atomic mass is 10.1. The van der Waals surface area contributed by atoms with Crippen molar-refractivity contribution in [2.75, 3.05) is 13.1 Å². The SMILES string of the molecule is O=C(N[C@H]1C[C@H]2C(=O)N3CCC[C@H]3C(=O)N2C1)c1cccc(Br)c1. The molecule has 7 heteroatoms. The van der Waals surface area contributed by atoms with Crippen molar-refractivity contribution >= 4 is 33.7 Å². The summed E-state index contributed by atoms with van der Waals surface area (Å²) in [5.41, 5.74) is 0.563. The van der Waals surface area contributed by atoms with Gasteiger partial charge in [0.25, 0.3) is 5.91 Å². The Labute approximate surface area is 148 Å². The summed E-state index contributed by atoms with van der Waals surface area (Å²) >= 11 is 3.35. The normalized spacial score (nSPS) is 28.8. The van der Waals surface area contributed by atoms with Gasteiger partial charge < -0.3 is 15.1 Å². The number of hydrogen-bond donors (Lipinski definition) is 1. The summed E-state index contributed by atoms with van der Waals surface area (Å²) in [6, 6.07) is 6.27. The van der Waals surface area contributed by atoms with E-state index in [1.54, 1.807) is 28.0 Å². The highest BCUT2D eigenvalue weighted by Crippen LogP contribution is 2.32. The van der Waals surface area contributed by atoms with Crippen LogP contribution in [0.1, 0.15) is 29.6 Å². The van der Waals surface area contributed by atoms with Crippen LogP contribution in [0.25, 0.3) is 0 Å². The fourth-order valence-corrected chi connectivity index (χ4v) is 4.39. The summed E-state index contributed by atoms with van der Waals surface area (Å²) in [4.78, 5) is 41.0. The van der Waals surface area contributed by atoms with Crippen LogP contribution in [0.15, 0.2) is 28.7 Å². The van der Waals surface area contributed by atoms with Crippen molar-refractivity contribution in [3.63, 3.8) is 0 Å². The van der Waals surface area contributed by atoms with Crippen LogP contribution in [-0.2, 0) is 9.59 Å². The Kier molecular flexibility index (Phi) is 3.83. The fraction of sp³-hybridized carbons (Fsp3) is 0.471. The number of amides is 3.